The quantitative estimate of drug-likeness (QED) is 0.295. The molecule has 2 fully saturated rings. The van der Waals surface area contributed by atoms with Crippen molar-refractivity contribution in [1.29, 1.82) is 0 Å². The first-order chi connectivity index (χ1) is 14.7. The first-order valence-electron chi connectivity index (χ1n) is 11.8. The van der Waals surface area contributed by atoms with Gasteiger partial charge in [0.2, 0.25) is 0 Å². The van der Waals surface area contributed by atoms with Crippen LogP contribution in [-0.2, 0) is 11.3 Å². The molecule has 2 saturated heterocycles. The van der Waals surface area contributed by atoms with Gasteiger partial charge < -0.3 is 19.9 Å². The lowest BCUT2D eigenvalue weighted by Gasteiger charge is -2.37. The number of guanidine groups is 1. The first-order valence-corrected chi connectivity index (χ1v) is 11.8. The van der Waals surface area contributed by atoms with Crippen molar-refractivity contribution in [2.45, 2.75) is 39.8 Å². The van der Waals surface area contributed by atoms with Crippen LogP contribution in [0.5, 0.6) is 0 Å². The van der Waals surface area contributed by atoms with Gasteiger partial charge in [-0.1, -0.05) is 37.3 Å². The molecule has 3 rings (SSSR count). The van der Waals surface area contributed by atoms with Crippen LogP contribution in [0.3, 0.4) is 0 Å². The number of hydrogen-bond acceptors (Lipinski definition) is 4. The summed E-state index contributed by atoms with van der Waals surface area (Å²) in [5.74, 6) is 1.65. The Morgan fingerprint density at radius 2 is 1.87 bits per heavy atom. The lowest BCUT2D eigenvalue weighted by molar-refractivity contribution is 0.0906. The van der Waals surface area contributed by atoms with Crippen molar-refractivity contribution in [2.75, 3.05) is 65.5 Å². The molecule has 2 aliphatic heterocycles. The molecule has 0 bridgehead atoms. The fourth-order valence-electron chi connectivity index (χ4n) is 4.36. The number of piperazine rings is 1. The number of nitrogens with one attached hydrogen (secondary N) is 1. The van der Waals surface area contributed by atoms with E-state index in [1.165, 1.54) is 25.1 Å². The summed E-state index contributed by atoms with van der Waals surface area (Å²) >= 11 is 0. The minimum atomic E-state index is 0. The molecule has 0 aliphatic carbocycles. The van der Waals surface area contributed by atoms with Crippen molar-refractivity contribution >= 4 is 29.9 Å². The highest BCUT2D eigenvalue weighted by atomic mass is 127. The highest BCUT2D eigenvalue weighted by molar-refractivity contribution is 14.0. The summed E-state index contributed by atoms with van der Waals surface area (Å²) in [5, 5.41) is 3.51. The van der Waals surface area contributed by atoms with E-state index >= 15 is 0 Å². The Morgan fingerprint density at radius 3 is 2.55 bits per heavy atom. The van der Waals surface area contributed by atoms with E-state index in [-0.39, 0.29) is 24.0 Å². The average Bonchev–Trinajstić information content (AvgIpc) is 3.26. The molecule has 0 radical (unpaired) electrons. The lowest BCUT2D eigenvalue weighted by Crippen LogP contribution is -2.50. The normalized spacial score (nSPS) is 21.7. The molecule has 1 N–H and O–H groups in total. The molecule has 31 heavy (non-hydrogen) atoms. The largest absolute Gasteiger partial charge is 0.376 e. The molecule has 7 heteroatoms. The molecule has 0 aromatic heterocycles. The first kappa shape index (κ1) is 26.4. The maximum atomic E-state index is 5.99. The number of nitrogens with zero attached hydrogens (tertiary/aromatic N) is 4. The van der Waals surface area contributed by atoms with E-state index in [1.54, 1.807) is 0 Å². The lowest BCUT2D eigenvalue weighted by atomic mass is 10.1. The maximum Gasteiger partial charge on any atom is 0.193 e. The Morgan fingerprint density at radius 1 is 1.13 bits per heavy atom. The van der Waals surface area contributed by atoms with Gasteiger partial charge >= 0.3 is 0 Å². The summed E-state index contributed by atoms with van der Waals surface area (Å²) in [6.45, 7) is 18.0. The third-order valence-electron chi connectivity index (χ3n) is 6.37. The van der Waals surface area contributed by atoms with E-state index in [1.807, 2.05) is 6.07 Å². The Bertz CT molecular complexity index is 636. The summed E-state index contributed by atoms with van der Waals surface area (Å²) < 4.78 is 5.99. The number of ether oxygens (including phenoxy) is 1. The second-order valence-electron chi connectivity index (χ2n) is 8.62. The van der Waals surface area contributed by atoms with Crippen molar-refractivity contribution in [3.63, 3.8) is 0 Å². The zero-order chi connectivity index (χ0) is 21.2. The number of likely N-dealkylation sites (tertiary alicyclic amines) is 1. The van der Waals surface area contributed by atoms with Crippen LogP contribution in [-0.4, -0.2) is 92.2 Å². The van der Waals surface area contributed by atoms with E-state index in [0.29, 0.717) is 18.6 Å². The van der Waals surface area contributed by atoms with Crippen LogP contribution >= 0.6 is 24.0 Å². The summed E-state index contributed by atoms with van der Waals surface area (Å²) in [4.78, 5) is 12.5. The molecule has 6 nitrogen and oxygen atoms in total. The van der Waals surface area contributed by atoms with Crippen LogP contribution in [0.1, 0.15) is 32.8 Å². The second kappa shape index (κ2) is 14.3. The summed E-state index contributed by atoms with van der Waals surface area (Å²) in [5.41, 5.74) is 1.25. The molecular formula is C24H42IN5O. The smallest absolute Gasteiger partial charge is 0.193 e. The van der Waals surface area contributed by atoms with Crippen LogP contribution in [0.25, 0.3) is 0 Å². The van der Waals surface area contributed by atoms with Gasteiger partial charge in [-0.15, -0.1) is 24.0 Å². The number of rotatable bonds is 9. The molecule has 0 amide bonds. The van der Waals surface area contributed by atoms with E-state index < -0.39 is 0 Å². The zero-order valence-corrected chi connectivity index (χ0v) is 22.0. The maximum absolute atomic E-state index is 5.99. The van der Waals surface area contributed by atoms with E-state index in [2.05, 4.69) is 65.1 Å². The highest BCUT2D eigenvalue weighted by Crippen LogP contribution is 2.18. The molecular weight excluding hydrogens is 501 g/mol. The highest BCUT2D eigenvalue weighted by Gasteiger charge is 2.26. The molecule has 2 atom stereocenters. The van der Waals surface area contributed by atoms with Gasteiger partial charge in [0.15, 0.2) is 5.96 Å². The number of aliphatic imine (C=N–C) groups is 1. The van der Waals surface area contributed by atoms with Crippen LogP contribution in [0.15, 0.2) is 35.3 Å². The summed E-state index contributed by atoms with van der Waals surface area (Å²) in [6, 6.07) is 10.9. The van der Waals surface area contributed by atoms with Gasteiger partial charge in [0.25, 0.3) is 0 Å². The standard InChI is InChI=1S/C24H41N5O.HI/c1-4-25-24(26-17-21(3)28-15-13-27(5-2)14-16-28)29-12-11-23(18-29)20-30-19-22-9-7-6-8-10-22;/h6-10,21,23H,4-5,11-20H2,1-3H3,(H,25,26);1H. The second-order valence-corrected chi connectivity index (χ2v) is 8.62. The minimum Gasteiger partial charge on any atom is -0.376 e. The third-order valence-corrected chi connectivity index (χ3v) is 6.37. The molecule has 0 spiro atoms. The predicted octanol–water partition coefficient (Wildman–Crippen LogP) is 3.13. The van der Waals surface area contributed by atoms with Crippen LogP contribution < -0.4 is 5.32 Å². The fourth-order valence-corrected chi connectivity index (χ4v) is 4.36. The molecule has 1 aromatic carbocycles. The summed E-state index contributed by atoms with van der Waals surface area (Å²) in [6.07, 6.45) is 1.17. The zero-order valence-electron chi connectivity index (χ0n) is 19.6. The van der Waals surface area contributed by atoms with Gasteiger partial charge in [-0.05, 0) is 32.4 Å². The number of benzene rings is 1. The van der Waals surface area contributed by atoms with Crippen LogP contribution in [0.4, 0.5) is 0 Å². The molecule has 2 unspecified atom stereocenters. The van der Waals surface area contributed by atoms with Crippen LogP contribution in [0, 0.1) is 5.92 Å². The van der Waals surface area contributed by atoms with Crippen LogP contribution in [0.2, 0.25) is 0 Å². The van der Waals surface area contributed by atoms with Gasteiger partial charge in [0, 0.05) is 57.8 Å². The Hall–Kier alpha value is -0.900. The molecule has 2 heterocycles. The van der Waals surface area contributed by atoms with Gasteiger partial charge in [-0.3, -0.25) is 9.89 Å². The van der Waals surface area contributed by atoms with Crippen molar-refractivity contribution in [2.24, 2.45) is 10.9 Å². The fraction of sp³-hybridized carbons (Fsp3) is 0.708. The predicted molar refractivity (Wildman–Crippen MR) is 140 cm³/mol. The van der Waals surface area contributed by atoms with Crippen molar-refractivity contribution in [1.82, 2.24) is 20.0 Å². The Kier molecular flexibility index (Phi) is 12.1. The van der Waals surface area contributed by atoms with Gasteiger partial charge in [-0.2, -0.15) is 0 Å². The van der Waals surface area contributed by atoms with Crippen molar-refractivity contribution in [3.8, 4) is 0 Å². The topological polar surface area (TPSA) is 43.3 Å². The Balaban J connectivity index is 0.00000341. The van der Waals surface area contributed by atoms with Crippen molar-refractivity contribution in [3.05, 3.63) is 35.9 Å². The van der Waals surface area contributed by atoms with E-state index in [9.17, 15) is 0 Å². The average molecular weight is 544 g/mol. The van der Waals surface area contributed by atoms with E-state index in [0.717, 1.165) is 58.4 Å². The molecule has 176 valence electrons. The summed E-state index contributed by atoms with van der Waals surface area (Å²) in [7, 11) is 0. The number of likely N-dealkylation sites (N-methyl/N-ethyl adjacent to an activating group) is 1. The van der Waals surface area contributed by atoms with Gasteiger partial charge in [0.05, 0.1) is 19.8 Å². The van der Waals surface area contributed by atoms with Gasteiger partial charge in [0.1, 0.15) is 0 Å². The SMILES string of the molecule is CCNC(=NCC(C)N1CCN(CC)CC1)N1CCC(COCc2ccccc2)C1.I. The monoisotopic (exact) mass is 543 g/mol. The third kappa shape index (κ3) is 8.51. The molecule has 1 aromatic rings. The minimum absolute atomic E-state index is 0. The molecule has 2 aliphatic rings. The number of halogens is 1. The Labute approximate surface area is 206 Å². The van der Waals surface area contributed by atoms with Gasteiger partial charge in [-0.25, -0.2) is 0 Å². The number of hydrogen-bond donors (Lipinski definition) is 1. The van der Waals surface area contributed by atoms with Crippen molar-refractivity contribution < 1.29 is 4.74 Å². The van der Waals surface area contributed by atoms with E-state index in [4.69, 9.17) is 9.73 Å². The molecule has 0 saturated carbocycles.